The quantitative estimate of drug-likeness (QED) is 0.725. The van der Waals surface area contributed by atoms with Crippen molar-refractivity contribution >= 4 is 29.6 Å². The van der Waals surface area contributed by atoms with Crippen molar-refractivity contribution in [2.24, 2.45) is 0 Å². The summed E-state index contributed by atoms with van der Waals surface area (Å²) in [6.07, 6.45) is 0. The molecule has 4 amide bonds. The number of hydroxylamine groups is 2. The fourth-order valence-corrected chi connectivity index (χ4v) is 2.44. The molecule has 0 bridgehead atoms. The van der Waals surface area contributed by atoms with Crippen LogP contribution in [0.4, 0.5) is 0 Å². The average molecular weight is 375 g/mol. The van der Waals surface area contributed by atoms with Gasteiger partial charge < -0.3 is 15.5 Å². The van der Waals surface area contributed by atoms with Crippen LogP contribution in [0.5, 0.6) is 0 Å². The first kappa shape index (κ1) is 20.1. The van der Waals surface area contributed by atoms with Crippen molar-refractivity contribution in [2.45, 2.75) is 45.7 Å². The van der Waals surface area contributed by atoms with E-state index >= 15 is 0 Å². The Bertz CT molecular complexity index is 808. The third-order valence-corrected chi connectivity index (χ3v) is 3.92. The van der Waals surface area contributed by atoms with Crippen LogP contribution in [0.15, 0.2) is 24.3 Å². The number of rotatable bonds is 5. The van der Waals surface area contributed by atoms with Gasteiger partial charge in [-0.3, -0.25) is 19.2 Å². The monoisotopic (exact) mass is 375 g/mol. The molecule has 0 fully saturated rings. The first-order valence-corrected chi connectivity index (χ1v) is 8.18. The number of imide groups is 1. The second-order valence-electron chi connectivity index (χ2n) is 7.21. The van der Waals surface area contributed by atoms with Crippen LogP contribution in [0.3, 0.4) is 0 Å². The molecule has 2 N–H and O–H groups in total. The molecule has 2 rings (SSSR count). The van der Waals surface area contributed by atoms with Crippen LogP contribution in [0.2, 0.25) is 0 Å². The SMILES string of the molecule is CC(=O)NC(C)(C)C(=O)NC(C)(C)C(=O)ON1C(=O)c2ccccc2C1=O. The van der Waals surface area contributed by atoms with E-state index in [-0.39, 0.29) is 11.1 Å². The molecular formula is C18H21N3O6. The Labute approximate surface area is 156 Å². The molecule has 0 saturated carbocycles. The highest BCUT2D eigenvalue weighted by Crippen LogP contribution is 2.23. The first-order valence-electron chi connectivity index (χ1n) is 8.18. The molecule has 9 nitrogen and oxygen atoms in total. The summed E-state index contributed by atoms with van der Waals surface area (Å²) in [4.78, 5) is 65.6. The first-order chi connectivity index (χ1) is 12.4. The van der Waals surface area contributed by atoms with Crippen LogP contribution in [0.1, 0.15) is 55.3 Å². The zero-order valence-corrected chi connectivity index (χ0v) is 15.7. The summed E-state index contributed by atoms with van der Waals surface area (Å²) in [6, 6.07) is 6.08. The summed E-state index contributed by atoms with van der Waals surface area (Å²) in [5.41, 5.74) is -2.59. The second-order valence-corrected chi connectivity index (χ2v) is 7.21. The number of hydrogen-bond donors (Lipinski definition) is 2. The summed E-state index contributed by atoms with van der Waals surface area (Å²) in [6.45, 7) is 6.91. The number of benzene rings is 1. The predicted octanol–water partition coefficient (Wildman–Crippen LogP) is 0.550. The van der Waals surface area contributed by atoms with Crippen molar-refractivity contribution in [1.82, 2.24) is 15.7 Å². The van der Waals surface area contributed by atoms with Crippen LogP contribution >= 0.6 is 0 Å². The fraction of sp³-hybridized carbons (Fsp3) is 0.389. The van der Waals surface area contributed by atoms with Crippen molar-refractivity contribution in [3.8, 4) is 0 Å². The Balaban J connectivity index is 2.11. The maximum Gasteiger partial charge on any atom is 0.357 e. The Kier molecular flexibility index (Phi) is 5.08. The summed E-state index contributed by atoms with van der Waals surface area (Å²) < 4.78 is 0. The lowest BCUT2D eigenvalue weighted by Gasteiger charge is -2.31. The van der Waals surface area contributed by atoms with Gasteiger partial charge in [-0.25, -0.2) is 4.79 Å². The average Bonchev–Trinajstić information content (AvgIpc) is 2.78. The summed E-state index contributed by atoms with van der Waals surface area (Å²) in [5, 5.41) is 5.28. The molecule has 0 unspecified atom stereocenters. The Hall–Kier alpha value is -3.23. The molecule has 0 spiro atoms. The van der Waals surface area contributed by atoms with Gasteiger partial charge in [0, 0.05) is 6.92 Å². The summed E-state index contributed by atoms with van der Waals surface area (Å²) in [5.74, 6) is -3.58. The molecule has 1 aromatic carbocycles. The van der Waals surface area contributed by atoms with Crippen molar-refractivity contribution in [3.63, 3.8) is 0 Å². The van der Waals surface area contributed by atoms with Crippen LogP contribution < -0.4 is 10.6 Å². The molecule has 0 atom stereocenters. The number of hydrogen-bond acceptors (Lipinski definition) is 6. The van der Waals surface area contributed by atoms with E-state index in [1.165, 1.54) is 46.8 Å². The van der Waals surface area contributed by atoms with Crippen LogP contribution in [0, 0.1) is 0 Å². The number of nitrogens with zero attached hydrogens (tertiary/aromatic N) is 1. The number of amides is 4. The van der Waals surface area contributed by atoms with Gasteiger partial charge in [0.2, 0.25) is 11.8 Å². The molecule has 0 aliphatic carbocycles. The second kappa shape index (κ2) is 6.82. The van der Waals surface area contributed by atoms with Gasteiger partial charge in [0.15, 0.2) is 0 Å². The maximum absolute atomic E-state index is 12.5. The molecule has 0 aromatic heterocycles. The lowest BCUT2D eigenvalue weighted by atomic mass is 10.00. The molecule has 1 aliphatic heterocycles. The lowest BCUT2D eigenvalue weighted by molar-refractivity contribution is -0.176. The number of carbonyl (C=O) groups excluding carboxylic acids is 5. The van der Waals surface area contributed by atoms with Gasteiger partial charge in [-0.1, -0.05) is 17.2 Å². The van der Waals surface area contributed by atoms with Gasteiger partial charge >= 0.3 is 5.97 Å². The smallest absolute Gasteiger partial charge is 0.342 e. The van der Waals surface area contributed by atoms with Gasteiger partial charge in [0.05, 0.1) is 11.1 Å². The van der Waals surface area contributed by atoms with Gasteiger partial charge in [-0.2, -0.15) is 0 Å². The highest BCUT2D eigenvalue weighted by Gasteiger charge is 2.43. The largest absolute Gasteiger partial charge is 0.357 e. The number of carbonyl (C=O) groups is 5. The highest BCUT2D eigenvalue weighted by molar-refractivity contribution is 6.21. The molecule has 144 valence electrons. The van der Waals surface area contributed by atoms with Gasteiger partial charge in [0.1, 0.15) is 11.1 Å². The highest BCUT2D eigenvalue weighted by atomic mass is 16.7. The Morgan fingerprint density at radius 1 is 0.889 bits per heavy atom. The Morgan fingerprint density at radius 2 is 1.37 bits per heavy atom. The van der Waals surface area contributed by atoms with Gasteiger partial charge in [-0.15, -0.1) is 0 Å². The van der Waals surface area contributed by atoms with Gasteiger partial charge in [0.25, 0.3) is 11.8 Å². The summed E-state index contributed by atoms with van der Waals surface area (Å²) >= 11 is 0. The van der Waals surface area contributed by atoms with E-state index in [9.17, 15) is 24.0 Å². The van der Waals surface area contributed by atoms with Crippen molar-refractivity contribution in [1.29, 1.82) is 0 Å². The third-order valence-electron chi connectivity index (χ3n) is 3.92. The van der Waals surface area contributed by atoms with Crippen LogP contribution in [-0.4, -0.2) is 45.7 Å². The molecule has 1 aromatic rings. The Morgan fingerprint density at radius 3 is 1.81 bits per heavy atom. The topological polar surface area (TPSA) is 122 Å². The maximum atomic E-state index is 12.5. The molecule has 9 heteroatoms. The number of nitrogens with one attached hydrogen (secondary N) is 2. The van der Waals surface area contributed by atoms with E-state index < -0.39 is 40.7 Å². The minimum absolute atomic E-state index is 0.129. The van der Waals surface area contributed by atoms with Crippen molar-refractivity contribution in [2.75, 3.05) is 0 Å². The van der Waals surface area contributed by atoms with E-state index in [0.29, 0.717) is 5.06 Å². The van der Waals surface area contributed by atoms with E-state index in [1.807, 2.05) is 0 Å². The normalized spacial score (nSPS) is 13.9. The summed E-state index contributed by atoms with van der Waals surface area (Å²) in [7, 11) is 0. The fourth-order valence-electron chi connectivity index (χ4n) is 2.44. The number of fused-ring (bicyclic) bond motifs is 1. The van der Waals surface area contributed by atoms with Crippen molar-refractivity contribution < 1.29 is 28.8 Å². The standard InChI is InChI=1S/C18H21N3O6/c1-10(22)19-17(2,3)15(25)20-18(4,5)16(26)27-21-13(23)11-8-6-7-9-12(11)14(21)24/h6-9H,1-5H3,(H,19,22)(H,20,25). The molecule has 0 radical (unpaired) electrons. The minimum Gasteiger partial charge on any atom is -0.342 e. The molecule has 27 heavy (non-hydrogen) atoms. The van der Waals surface area contributed by atoms with Crippen LogP contribution in [-0.2, 0) is 19.2 Å². The van der Waals surface area contributed by atoms with E-state index in [4.69, 9.17) is 4.84 Å². The predicted molar refractivity (Wildman–Crippen MR) is 93.2 cm³/mol. The lowest BCUT2D eigenvalue weighted by Crippen LogP contribution is -2.61. The molecule has 0 saturated heterocycles. The third kappa shape index (κ3) is 3.97. The molecule has 1 heterocycles. The molecule has 1 aliphatic rings. The van der Waals surface area contributed by atoms with Crippen LogP contribution in [0.25, 0.3) is 0 Å². The van der Waals surface area contributed by atoms with E-state index in [1.54, 1.807) is 12.1 Å². The molecular weight excluding hydrogens is 354 g/mol. The minimum atomic E-state index is -1.57. The van der Waals surface area contributed by atoms with E-state index in [2.05, 4.69) is 10.6 Å². The van der Waals surface area contributed by atoms with Crippen molar-refractivity contribution in [3.05, 3.63) is 35.4 Å². The zero-order chi connectivity index (χ0) is 20.6. The zero-order valence-electron chi connectivity index (χ0n) is 15.7. The van der Waals surface area contributed by atoms with E-state index in [0.717, 1.165) is 0 Å². The van der Waals surface area contributed by atoms with Gasteiger partial charge in [-0.05, 0) is 39.8 Å².